The Kier molecular flexibility index (Phi) is 5.91. The second kappa shape index (κ2) is 7.01. The van der Waals surface area contributed by atoms with Gasteiger partial charge in [0, 0.05) is 17.1 Å². The summed E-state index contributed by atoms with van der Waals surface area (Å²) >= 11 is 11.6. The van der Waals surface area contributed by atoms with Crippen molar-refractivity contribution in [3.05, 3.63) is 27.7 Å². The molecule has 0 radical (unpaired) electrons. The molecule has 0 saturated carbocycles. The number of hydrogen-bond acceptors (Lipinski definition) is 3. The van der Waals surface area contributed by atoms with Gasteiger partial charge in [0.15, 0.2) is 6.61 Å². The number of rotatable bonds is 5. The van der Waals surface area contributed by atoms with E-state index in [0.29, 0.717) is 10.6 Å². The van der Waals surface area contributed by atoms with Gasteiger partial charge in [-0.15, -0.1) is 0 Å². The minimum atomic E-state index is -4.48. The predicted octanol–water partition coefficient (Wildman–Crippen LogP) is 2.51. The van der Waals surface area contributed by atoms with Crippen LogP contribution in [0.15, 0.2) is 12.1 Å². The smallest absolute Gasteiger partial charge is 0.405 e. The lowest BCUT2D eigenvalue weighted by molar-refractivity contribution is -0.139. The van der Waals surface area contributed by atoms with E-state index >= 15 is 0 Å². The van der Waals surface area contributed by atoms with E-state index < -0.39 is 25.2 Å². The van der Waals surface area contributed by atoms with Crippen LogP contribution in [0.3, 0.4) is 0 Å². The highest BCUT2D eigenvalue weighted by molar-refractivity contribution is 6.35. The topological polar surface area (TPSA) is 64.3 Å². The Morgan fingerprint density at radius 2 is 2.00 bits per heavy atom. The SMILES string of the molecule is NCc1cc(Cl)cc(Cl)c1OCC(=O)NCC(F)(F)F. The number of halogens is 5. The lowest BCUT2D eigenvalue weighted by Crippen LogP contribution is -2.36. The fourth-order valence-corrected chi connectivity index (χ4v) is 1.90. The number of hydrogen-bond donors (Lipinski definition) is 2. The van der Waals surface area contributed by atoms with Gasteiger partial charge in [-0.3, -0.25) is 4.79 Å². The van der Waals surface area contributed by atoms with Crippen molar-refractivity contribution < 1.29 is 22.7 Å². The van der Waals surface area contributed by atoms with Crippen molar-refractivity contribution in [3.63, 3.8) is 0 Å². The molecule has 1 aromatic rings. The summed E-state index contributed by atoms with van der Waals surface area (Å²) in [6, 6.07) is 2.88. The zero-order valence-corrected chi connectivity index (χ0v) is 11.6. The van der Waals surface area contributed by atoms with E-state index in [4.69, 9.17) is 33.7 Å². The maximum atomic E-state index is 11.9. The van der Waals surface area contributed by atoms with Crippen LogP contribution in [-0.4, -0.2) is 25.2 Å². The lowest BCUT2D eigenvalue weighted by Gasteiger charge is -2.13. The molecular formula is C11H11Cl2F3N2O2. The third-order valence-electron chi connectivity index (χ3n) is 2.14. The van der Waals surface area contributed by atoms with Crippen LogP contribution in [0.25, 0.3) is 0 Å². The lowest BCUT2D eigenvalue weighted by atomic mass is 10.2. The number of carbonyl (C=O) groups excluding carboxylic acids is 1. The molecule has 0 aliphatic rings. The maximum absolute atomic E-state index is 11.9. The highest BCUT2D eigenvalue weighted by atomic mass is 35.5. The van der Waals surface area contributed by atoms with Gasteiger partial charge in [0.1, 0.15) is 12.3 Å². The third kappa shape index (κ3) is 5.44. The molecule has 3 N–H and O–H groups in total. The minimum Gasteiger partial charge on any atom is -0.482 e. The molecule has 0 aliphatic heterocycles. The van der Waals surface area contributed by atoms with Crippen molar-refractivity contribution in [1.82, 2.24) is 5.32 Å². The van der Waals surface area contributed by atoms with E-state index in [1.165, 1.54) is 12.1 Å². The van der Waals surface area contributed by atoms with Crippen molar-refractivity contribution in [2.24, 2.45) is 5.73 Å². The Labute approximate surface area is 123 Å². The second-order valence-electron chi connectivity index (χ2n) is 3.76. The van der Waals surface area contributed by atoms with E-state index in [-0.39, 0.29) is 17.3 Å². The maximum Gasteiger partial charge on any atom is 0.405 e. The van der Waals surface area contributed by atoms with Gasteiger partial charge in [0.2, 0.25) is 0 Å². The van der Waals surface area contributed by atoms with Gasteiger partial charge in [-0.05, 0) is 12.1 Å². The largest absolute Gasteiger partial charge is 0.482 e. The van der Waals surface area contributed by atoms with Gasteiger partial charge in [0.25, 0.3) is 5.91 Å². The summed E-state index contributed by atoms with van der Waals surface area (Å²) in [4.78, 5) is 11.2. The Bertz CT molecular complexity index is 495. The first-order valence-electron chi connectivity index (χ1n) is 5.37. The van der Waals surface area contributed by atoms with Crippen molar-refractivity contribution in [1.29, 1.82) is 0 Å². The molecule has 9 heteroatoms. The summed E-state index contributed by atoms with van der Waals surface area (Å²) in [5, 5.41) is 2.14. The molecule has 0 bridgehead atoms. The number of benzene rings is 1. The predicted molar refractivity (Wildman–Crippen MR) is 68.9 cm³/mol. The third-order valence-corrected chi connectivity index (χ3v) is 2.64. The van der Waals surface area contributed by atoms with E-state index in [1.807, 2.05) is 0 Å². The Morgan fingerprint density at radius 1 is 1.35 bits per heavy atom. The minimum absolute atomic E-state index is 0.0553. The number of alkyl halides is 3. The zero-order chi connectivity index (χ0) is 15.3. The molecule has 1 aromatic carbocycles. The van der Waals surface area contributed by atoms with Crippen LogP contribution in [0.2, 0.25) is 10.0 Å². The van der Waals surface area contributed by atoms with Crippen LogP contribution in [-0.2, 0) is 11.3 Å². The average molecular weight is 331 g/mol. The summed E-state index contributed by atoms with van der Waals surface area (Å²) in [5.41, 5.74) is 5.91. The van der Waals surface area contributed by atoms with Crippen molar-refractivity contribution in [2.45, 2.75) is 12.7 Å². The first-order chi connectivity index (χ1) is 9.23. The van der Waals surface area contributed by atoms with E-state index in [1.54, 1.807) is 5.32 Å². The second-order valence-corrected chi connectivity index (χ2v) is 4.60. The van der Waals surface area contributed by atoms with Gasteiger partial charge in [-0.2, -0.15) is 13.2 Å². The number of carbonyl (C=O) groups is 1. The van der Waals surface area contributed by atoms with E-state index in [9.17, 15) is 18.0 Å². The number of amides is 1. The molecule has 0 atom stereocenters. The Morgan fingerprint density at radius 3 is 2.55 bits per heavy atom. The van der Waals surface area contributed by atoms with Crippen LogP contribution >= 0.6 is 23.2 Å². The van der Waals surface area contributed by atoms with Crippen LogP contribution in [0.1, 0.15) is 5.56 Å². The van der Waals surface area contributed by atoms with Crippen molar-refractivity contribution in [2.75, 3.05) is 13.2 Å². The molecule has 0 saturated heterocycles. The Balaban J connectivity index is 2.64. The molecule has 0 aromatic heterocycles. The number of nitrogens with one attached hydrogen (secondary N) is 1. The molecule has 1 rings (SSSR count). The van der Waals surface area contributed by atoms with E-state index in [0.717, 1.165) is 0 Å². The summed E-state index contributed by atoms with van der Waals surface area (Å²) in [7, 11) is 0. The van der Waals surface area contributed by atoms with Crippen LogP contribution in [0.5, 0.6) is 5.75 Å². The molecule has 0 heterocycles. The summed E-state index contributed by atoms with van der Waals surface area (Å²) < 4.78 is 40.8. The quantitative estimate of drug-likeness (QED) is 0.871. The van der Waals surface area contributed by atoms with Crippen LogP contribution < -0.4 is 15.8 Å². The monoisotopic (exact) mass is 330 g/mol. The summed E-state index contributed by atoms with van der Waals surface area (Å²) in [6.07, 6.45) is -4.48. The van der Waals surface area contributed by atoms with Crippen LogP contribution in [0, 0.1) is 0 Å². The number of nitrogens with two attached hydrogens (primary N) is 1. The Hall–Kier alpha value is -1.18. The average Bonchev–Trinajstić information content (AvgIpc) is 2.33. The number of ether oxygens (including phenoxy) is 1. The molecule has 0 unspecified atom stereocenters. The van der Waals surface area contributed by atoms with Crippen molar-refractivity contribution in [3.8, 4) is 5.75 Å². The van der Waals surface area contributed by atoms with Gasteiger partial charge in [-0.1, -0.05) is 23.2 Å². The van der Waals surface area contributed by atoms with Gasteiger partial charge in [-0.25, -0.2) is 0 Å². The first-order valence-corrected chi connectivity index (χ1v) is 6.12. The van der Waals surface area contributed by atoms with Gasteiger partial charge < -0.3 is 15.8 Å². The molecule has 0 aliphatic carbocycles. The molecule has 0 spiro atoms. The molecule has 0 fully saturated rings. The molecule has 1 amide bonds. The highest BCUT2D eigenvalue weighted by Gasteiger charge is 2.27. The van der Waals surface area contributed by atoms with Gasteiger partial charge in [0.05, 0.1) is 5.02 Å². The molecule has 112 valence electrons. The molecular weight excluding hydrogens is 320 g/mol. The molecule has 20 heavy (non-hydrogen) atoms. The fraction of sp³-hybridized carbons (Fsp3) is 0.364. The highest BCUT2D eigenvalue weighted by Crippen LogP contribution is 2.32. The zero-order valence-electron chi connectivity index (χ0n) is 10.1. The standard InChI is InChI=1S/C11H11Cl2F3N2O2/c12-7-1-6(3-17)10(8(13)2-7)20-4-9(19)18-5-11(14,15)16/h1-2H,3-5,17H2,(H,18,19). The molecule has 4 nitrogen and oxygen atoms in total. The fourth-order valence-electron chi connectivity index (χ4n) is 1.31. The first kappa shape index (κ1) is 16.9. The van der Waals surface area contributed by atoms with Gasteiger partial charge >= 0.3 is 6.18 Å². The van der Waals surface area contributed by atoms with E-state index in [2.05, 4.69) is 0 Å². The summed E-state index contributed by atoms with van der Waals surface area (Å²) in [6.45, 7) is -1.97. The summed E-state index contributed by atoms with van der Waals surface area (Å²) in [5.74, 6) is -0.794. The normalized spacial score (nSPS) is 11.3. The van der Waals surface area contributed by atoms with Crippen molar-refractivity contribution >= 4 is 29.1 Å². The van der Waals surface area contributed by atoms with Crippen LogP contribution in [0.4, 0.5) is 13.2 Å².